The highest BCUT2D eigenvalue weighted by Crippen LogP contribution is 2.48. The molecule has 4 aromatic heterocycles. The Morgan fingerprint density at radius 2 is 1.93 bits per heavy atom. The highest BCUT2D eigenvalue weighted by molar-refractivity contribution is 6.18. The maximum Gasteiger partial charge on any atom is 0.341 e. The number of carboxylic acids is 1. The third-order valence-corrected chi connectivity index (χ3v) is 9.39. The van der Waals surface area contributed by atoms with Crippen LogP contribution in [0.4, 0.5) is 20.2 Å². The lowest BCUT2D eigenvalue weighted by atomic mass is 9.97. The fraction of sp³-hybridized carbons (Fsp3) is 0.355. The van der Waals surface area contributed by atoms with E-state index in [1.54, 1.807) is 32.6 Å². The van der Waals surface area contributed by atoms with Gasteiger partial charge in [0.15, 0.2) is 11.6 Å². The first kappa shape index (κ1) is 27.3. The van der Waals surface area contributed by atoms with Crippen LogP contribution in [-0.2, 0) is 7.05 Å². The number of nitrogens with zero attached hydrogens (tertiary/aromatic N) is 5. The van der Waals surface area contributed by atoms with Gasteiger partial charge in [-0.3, -0.25) is 4.79 Å². The number of hydrogen-bond donors (Lipinski definition) is 3. The van der Waals surface area contributed by atoms with Crippen molar-refractivity contribution in [3.8, 4) is 11.1 Å². The van der Waals surface area contributed by atoms with Crippen molar-refractivity contribution >= 4 is 50.3 Å². The molecule has 0 spiro atoms. The van der Waals surface area contributed by atoms with Crippen LogP contribution in [0.5, 0.6) is 0 Å². The third kappa shape index (κ3) is 3.99. The second-order valence-electron chi connectivity index (χ2n) is 11.9. The van der Waals surface area contributed by atoms with E-state index in [-0.39, 0.29) is 16.3 Å². The number of fused-ring (bicyclic) bond motifs is 5. The molecule has 5 aromatic rings. The summed E-state index contributed by atoms with van der Waals surface area (Å²) in [5.74, 6) is -2.44. The molecule has 1 saturated heterocycles. The average Bonchev–Trinajstić information content (AvgIpc) is 3.68. The van der Waals surface area contributed by atoms with E-state index in [0.717, 1.165) is 25.5 Å². The fourth-order valence-corrected chi connectivity index (χ4v) is 7.40. The SMILES string of the molecule is CNc1cc(F)c(F)c2c1[nH]c1ncc(-c3cnc4c(c3)c(=O)c(C(=O)O)cn4C)c(N3CC4CC[C@H](N(C)C)C4C3)c12. The Hall–Kier alpha value is -4.58. The molecular formula is C31H31F2N7O3. The number of aromatic amines is 1. The number of carbonyl (C=O) groups is 1. The van der Waals surface area contributed by atoms with Gasteiger partial charge in [-0.1, -0.05) is 0 Å². The maximum atomic E-state index is 15.7. The Bertz CT molecular complexity index is 2040. The zero-order valence-corrected chi connectivity index (χ0v) is 24.2. The molecular weight excluding hydrogens is 556 g/mol. The van der Waals surface area contributed by atoms with Gasteiger partial charge in [-0.25, -0.2) is 23.5 Å². The number of H-pyrrole nitrogens is 1. The molecule has 5 heterocycles. The van der Waals surface area contributed by atoms with Crippen LogP contribution in [0.1, 0.15) is 23.2 Å². The van der Waals surface area contributed by atoms with Crippen molar-refractivity contribution in [1.29, 1.82) is 0 Å². The molecule has 7 rings (SSSR count). The first-order chi connectivity index (χ1) is 20.6. The summed E-state index contributed by atoms with van der Waals surface area (Å²) in [6, 6.07) is 3.15. The summed E-state index contributed by atoms with van der Waals surface area (Å²) < 4.78 is 32.2. The third-order valence-electron chi connectivity index (χ3n) is 9.39. The number of hydrogen-bond acceptors (Lipinski definition) is 7. The van der Waals surface area contributed by atoms with Crippen LogP contribution in [-0.4, -0.2) is 75.8 Å². The molecule has 0 radical (unpaired) electrons. The standard InChI is InChI=1S/C31H31F2N7O3/c1-34-21-8-20(32)25(33)23-24-27(40-11-14-5-6-22(38(2)3)18(14)13-40)17(10-35-29(24)37-26(21)23)15-7-16-28(41)19(31(42)43)12-39(4)30(16)36-9-15/h7-10,12,14,18,22,34H,5-6,11,13H2,1-4H3,(H,35,37)(H,42,43)/t14?,18?,22-/m0/s1. The minimum absolute atomic E-state index is 0.0998. The number of rotatable bonds is 5. The monoisotopic (exact) mass is 587 g/mol. The summed E-state index contributed by atoms with van der Waals surface area (Å²) in [5.41, 5.74) is 2.35. The Morgan fingerprint density at radius 1 is 1.14 bits per heavy atom. The van der Waals surface area contributed by atoms with Gasteiger partial charge in [-0.15, -0.1) is 0 Å². The quantitative estimate of drug-likeness (QED) is 0.277. The largest absolute Gasteiger partial charge is 0.477 e. The molecule has 43 heavy (non-hydrogen) atoms. The van der Waals surface area contributed by atoms with Gasteiger partial charge < -0.3 is 29.8 Å². The normalized spacial score (nSPS) is 20.2. The second-order valence-corrected chi connectivity index (χ2v) is 11.9. The molecule has 2 fully saturated rings. The molecule has 1 aliphatic heterocycles. The van der Waals surface area contributed by atoms with Gasteiger partial charge in [-0.05, 0) is 44.8 Å². The number of carboxylic acid groups (broad SMARTS) is 1. The van der Waals surface area contributed by atoms with E-state index in [9.17, 15) is 19.1 Å². The lowest BCUT2D eigenvalue weighted by molar-refractivity contribution is 0.0695. The minimum Gasteiger partial charge on any atom is -0.477 e. The first-order valence-corrected chi connectivity index (χ1v) is 14.2. The van der Waals surface area contributed by atoms with Gasteiger partial charge in [0.25, 0.3) is 0 Å². The van der Waals surface area contributed by atoms with Crippen molar-refractivity contribution in [2.24, 2.45) is 18.9 Å². The molecule has 2 aliphatic rings. The highest BCUT2D eigenvalue weighted by Gasteiger charge is 2.44. The van der Waals surface area contributed by atoms with Gasteiger partial charge in [0.05, 0.1) is 33.1 Å². The van der Waals surface area contributed by atoms with Gasteiger partial charge in [-0.2, -0.15) is 0 Å². The summed E-state index contributed by atoms with van der Waals surface area (Å²) in [7, 11) is 7.46. The minimum atomic E-state index is -1.33. The topological polar surface area (TPSA) is 119 Å². The Kier molecular flexibility index (Phi) is 6.17. The number of pyridine rings is 3. The zero-order chi connectivity index (χ0) is 30.3. The van der Waals surface area contributed by atoms with Gasteiger partial charge in [0.2, 0.25) is 5.43 Å². The molecule has 3 N–H and O–H groups in total. The number of anilines is 2. The summed E-state index contributed by atoms with van der Waals surface area (Å²) in [6.45, 7) is 1.45. The summed E-state index contributed by atoms with van der Waals surface area (Å²) in [6.07, 6.45) is 6.70. The lowest BCUT2D eigenvalue weighted by Gasteiger charge is -2.28. The number of nitrogens with one attached hydrogen (secondary N) is 2. The lowest BCUT2D eigenvalue weighted by Crippen LogP contribution is -2.35. The zero-order valence-electron chi connectivity index (χ0n) is 24.2. The van der Waals surface area contributed by atoms with Crippen molar-refractivity contribution in [3.63, 3.8) is 0 Å². The second kappa shape index (κ2) is 9.73. The predicted molar refractivity (Wildman–Crippen MR) is 162 cm³/mol. The van der Waals surface area contributed by atoms with Crippen LogP contribution in [0.15, 0.2) is 35.5 Å². The maximum absolute atomic E-state index is 15.7. The Labute approximate surface area is 244 Å². The molecule has 0 amide bonds. The first-order valence-electron chi connectivity index (χ1n) is 14.2. The van der Waals surface area contributed by atoms with Crippen molar-refractivity contribution in [1.82, 2.24) is 24.4 Å². The van der Waals surface area contributed by atoms with Gasteiger partial charge in [0, 0.05) is 69.0 Å². The van der Waals surface area contributed by atoms with Crippen LogP contribution < -0.4 is 15.6 Å². The number of halogens is 2. The fourth-order valence-electron chi connectivity index (χ4n) is 7.40. The van der Waals surface area contributed by atoms with Crippen LogP contribution in [0.2, 0.25) is 0 Å². The van der Waals surface area contributed by atoms with Crippen LogP contribution in [0, 0.1) is 23.5 Å². The highest BCUT2D eigenvalue weighted by atomic mass is 19.2. The van der Waals surface area contributed by atoms with Gasteiger partial charge in [0.1, 0.15) is 16.9 Å². The molecule has 1 aliphatic carbocycles. The Morgan fingerprint density at radius 3 is 2.65 bits per heavy atom. The smallest absolute Gasteiger partial charge is 0.341 e. The molecule has 222 valence electrons. The van der Waals surface area contributed by atoms with E-state index in [1.165, 1.54) is 10.8 Å². The van der Waals surface area contributed by atoms with Crippen molar-refractivity contribution < 1.29 is 18.7 Å². The molecule has 10 nitrogen and oxygen atoms in total. The van der Waals surface area contributed by atoms with Crippen molar-refractivity contribution in [2.45, 2.75) is 18.9 Å². The summed E-state index contributed by atoms with van der Waals surface area (Å²) in [4.78, 5) is 41.9. The molecule has 3 atom stereocenters. The predicted octanol–water partition coefficient (Wildman–Crippen LogP) is 4.42. The summed E-state index contributed by atoms with van der Waals surface area (Å²) >= 11 is 0. The molecule has 2 unspecified atom stereocenters. The van der Waals surface area contributed by atoms with E-state index in [0.29, 0.717) is 69.1 Å². The molecule has 12 heteroatoms. The van der Waals surface area contributed by atoms with Crippen LogP contribution in [0.25, 0.3) is 44.1 Å². The van der Waals surface area contributed by atoms with E-state index in [2.05, 4.69) is 44.2 Å². The molecule has 0 bridgehead atoms. The molecule has 1 aromatic carbocycles. The number of aromatic nitrogens is 4. The van der Waals surface area contributed by atoms with Gasteiger partial charge >= 0.3 is 5.97 Å². The average molecular weight is 588 g/mol. The van der Waals surface area contributed by atoms with E-state index >= 15 is 4.39 Å². The summed E-state index contributed by atoms with van der Waals surface area (Å²) in [5, 5.41) is 13.3. The van der Waals surface area contributed by atoms with E-state index in [4.69, 9.17) is 0 Å². The molecule has 1 saturated carbocycles. The van der Waals surface area contributed by atoms with Crippen LogP contribution in [0.3, 0.4) is 0 Å². The Balaban J connectivity index is 1.53. The van der Waals surface area contributed by atoms with Crippen LogP contribution >= 0.6 is 0 Å². The van der Waals surface area contributed by atoms with Crippen molar-refractivity contribution in [2.75, 3.05) is 44.4 Å². The number of benzene rings is 1. The van der Waals surface area contributed by atoms with Crippen molar-refractivity contribution in [3.05, 3.63) is 58.1 Å². The number of aryl methyl sites for hydroxylation is 1. The van der Waals surface area contributed by atoms with E-state index < -0.39 is 23.0 Å². The number of aromatic carboxylic acids is 1. The van der Waals surface area contributed by atoms with E-state index in [1.807, 2.05) is 0 Å².